The zero-order chi connectivity index (χ0) is 11.3. The standard InChI is InChI=1S/C12H17NOS/c1-3-5-9(2)14-11-7-4-6-10(8-11)12(13)15/h4,6-9H,3,5H2,1-2H3,(H2,13,15). The molecule has 0 saturated carbocycles. The smallest absolute Gasteiger partial charge is 0.120 e. The quantitative estimate of drug-likeness (QED) is 0.780. The number of thiocarbonyl (C=S) groups is 1. The molecular formula is C12H17NOS. The first-order valence-corrected chi connectivity index (χ1v) is 5.60. The van der Waals surface area contributed by atoms with Gasteiger partial charge in [0.15, 0.2) is 0 Å². The summed E-state index contributed by atoms with van der Waals surface area (Å²) in [6.45, 7) is 4.21. The van der Waals surface area contributed by atoms with Gasteiger partial charge in [0.25, 0.3) is 0 Å². The van der Waals surface area contributed by atoms with Crippen LogP contribution in [0.2, 0.25) is 0 Å². The molecule has 0 aliphatic carbocycles. The maximum absolute atomic E-state index is 5.73. The Morgan fingerprint density at radius 1 is 1.53 bits per heavy atom. The van der Waals surface area contributed by atoms with E-state index in [4.69, 9.17) is 22.7 Å². The topological polar surface area (TPSA) is 35.2 Å². The highest BCUT2D eigenvalue weighted by molar-refractivity contribution is 7.80. The van der Waals surface area contributed by atoms with E-state index in [1.165, 1.54) is 0 Å². The van der Waals surface area contributed by atoms with E-state index in [1.807, 2.05) is 24.3 Å². The molecule has 1 rings (SSSR count). The summed E-state index contributed by atoms with van der Waals surface area (Å²) in [5, 5.41) is 0. The van der Waals surface area contributed by atoms with Crippen molar-refractivity contribution < 1.29 is 4.74 Å². The Morgan fingerprint density at radius 3 is 2.87 bits per heavy atom. The molecule has 0 aliphatic rings. The molecule has 0 spiro atoms. The molecule has 0 fully saturated rings. The van der Waals surface area contributed by atoms with Crippen LogP contribution in [0.3, 0.4) is 0 Å². The van der Waals surface area contributed by atoms with Gasteiger partial charge in [-0.3, -0.25) is 0 Å². The highest BCUT2D eigenvalue weighted by Crippen LogP contribution is 2.16. The Kier molecular flexibility index (Phi) is 4.56. The Bertz CT molecular complexity index is 338. The summed E-state index contributed by atoms with van der Waals surface area (Å²) in [5.41, 5.74) is 6.40. The maximum atomic E-state index is 5.73. The van der Waals surface area contributed by atoms with Crippen molar-refractivity contribution in [2.75, 3.05) is 0 Å². The summed E-state index contributed by atoms with van der Waals surface area (Å²) in [6.07, 6.45) is 2.41. The van der Waals surface area contributed by atoms with Gasteiger partial charge in [0.1, 0.15) is 10.7 Å². The van der Waals surface area contributed by atoms with Crippen molar-refractivity contribution in [2.45, 2.75) is 32.8 Å². The first-order chi connectivity index (χ1) is 7.13. The Labute approximate surface area is 96.4 Å². The van der Waals surface area contributed by atoms with Crippen LogP contribution >= 0.6 is 12.2 Å². The van der Waals surface area contributed by atoms with Gasteiger partial charge in [-0.05, 0) is 25.5 Å². The molecule has 0 radical (unpaired) electrons. The zero-order valence-electron chi connectivity index (χ0n) is 9.19. The average molecular weight is 223 g/mol. The van der Waals surface area contributed by atoms with Gasteiger partial charge in [0.05, 0.1) is 6.10 Å². The average Bonchev–Trinajstić information content (AvgIpc) is 2.18. The van der Waals surface area contributed by atoms with E-state index < -0.39 is 0 Å². The van der Waals surface area contributed by atoms with Crippen molar-refractivity contribution in [1.29, 1.82) is 0 Å². The van der Waals surface area contributed by atoms with Crippen molar-refractivity contribution in [1.82, 2.24) is 0 Å². The van der Waals surface area contributed by atoms with E-state index >= 15 is 0 Å². The fourth-order valence-corrected chi connectivity index (χ4v) is 1.55. The fraction of sp³-hybridized carbons (Fsp3) is 0.417. The van der Waals surface area contributed by atoms with Gasteiger partial charge in [-0.1, -0.05) is 37.7 Å². The second-order valence-electron chi connectivity index (χ2n) is 3.61. The van der Waals surface area contributed by atoms with Crippen LogP contribution in [0.5, 0.6) is 5.75 Å². The number of hydrogen-bond donors (Lipinski definition) is 1. The molecule has 1 unspecified atom stereocenters. The van der Waals surface area contributed by atoms with Crippen molar-refractivity contribution in [2.24, 2.45) is 5.73 Å². The second-order valence-corrected chi connectivity index (χ2v) is 4.05. The third kappa shape index (κ3) is 3.88. The number of hydrogen-bond acceptors (Lipinski definition) is 2. The van der Waals surface area contributed by atoms with Crippen molar-refractivity contribution >= 4 is 17.2 Å². The van der Waals surface area contributed by atoms with E-state index in [0.29, 0.717) is 4.99 Å². The molecule has 0 aromatic heterocycles. The minimum absolute atomic E-state index is 0.233. The molecule has 1 aromatic carbocycles. The lowest BCUT2D eigenvalue weighted by Gasteiger charge is -2.14. The van der Waals surface area contributed by atoms with Crippen LogP contribution in [0.15, 0.2) is 24.3 Å². The van der Waals surface area contributed by atoms with E-state index in [0.717, 1.165) is 24.2 Å². The van der Waals surface area contributed by atoms with Gasteiger partial charge < -0.3 is 10.5 Å². The third-order valence-electron chi connectivity index (χ3n) is 2.15. The highest BCUT2D eigenvalue weighted by atomic mass is 32.1. The third-order valence-corrected chi connectivity index (χ3v) is 2.39. The number of nitrogens with two attached hydrogens (primary N) is 1. The summed E-state index contributed by atoms with van der Waals surface area (Å²) < 4.78 is 5.73. The van der Waals surface area contributed by atoms with E-state index in [1.54, 1.807) is 0 Å². The molecule has 0 heterocycles. The lowest BCUT2D eigenvalue weighted by atomic mass is 10.2. The molecule has 0 bridgehead atoms. The molecule has 2 nitrogen and oxygen atoms in total. The number of rotatable bonds is 5. The molecule has 1 atom stereocenters. The second kappa shape index (κ2) is 5.71. The normalized spacial score (nSPS) is 12.1. The van der Waals surface area contributed by atoms with Gasteiger partial charge in [-0.15, -0.1) is 0 Å². The summed E-state index contributed by atoms with van der Waals surface area (Å²) in [6, 6.07) is 7.60. The largest absolute Gasteiger partial charge is 0.491 e. The molecule has 0 saturated heterocycles. The lowest BCUT2D eigenvalue weighted by Crippen LogP contribution is -2.13. The van der Waals surface area contributed by atoms with Crippen LogP contribution in [-0.4, -0.2) is 11.1 Å². The minimum atomic E-state index is 0.233. The first kappa shape index (κ1) is 12.0. The summed E-state index contributed by atoms with van der Waals surface area (Å²) in [5.74, 6) is 0.834. The highest BCUT2D eigenvalue weighted by Gasteiger charge is 2.04. The first-order valence-electron chi connectivity index (χ1n) is 5.20. The van der Waals surface area contributed by atoms with Crippen LogP contribution < -0.4 is 10.5 Å². The number of benzene rings is 1. The van der Waals surface area contributed by atoms with Gasteiger partial charge >= 0.3 is 0 Å². The van der Waals surface area contributed by atoms with E-state index in [-0.39, 0.29) is 6.10 Å². The Balaban J connectivity index is 2.69. The van der Waals surface area contributed by atoms with Gasteiger partial charge in [0.2, 0.25) is 0 Å². The van der Waals surface area contributed by atoms with E-state index in [9.17, 15) is 0 Å². The SMILES string of the molecule is CCCC(C)Oc1cccc(C(N)=S)c1. The van der Waals surface area contributed by atoms with Crippen molar-refractivity contribution in [3.05, 3.63) is 29.8 Å². The van der Waals surface area contributed by atoms with Gasteiger partial charge in [0, 0.05) is 5.56 Å². The Morgan fingerprint density at radius 2 is 2.27 bits per heavy atom. The van der Waals surface area contributed by atoms with Crippen LogP contribution in [-0.2, 0) is 0 Å². The molecule has 0 aliphatic heterocycles. The van der Waals surface area contributed by atoms with Crippen LogP contribution in [0, 0.1) is 0 Å². The monoisotopic (exact) mass is 223 g/mol. The zero-order valence-corrected chi connectivity index (χ0v) is 10.0. The van der Waals surface area contributed by atoms with Crippen LogP contribution in [0.25, 0.3) is 0 Å². The fourth-order valence-electron chi connectivity index (χ4n) is 1.42. The van der Waals surface area contributed by atoms with Crippen LogP contribution in [0.4, 0.5) is 0 Å². The van der Waals surface area contributed by atoms with Crippen molar-refractivity contribution in [3.8, 4) is 5.75 Å². The predicted octanol–water partition coefficient (Wildman–Crippen LogP) is 2.89. The molecule has 0 amide bonds. The van der Waals surface area contributed by atoms with Crippen LogP contribution in [0.1, 0.15) is 32.3 Å². The Hall–Kier alpha value is -1.09. The summed E-state index contributed by atoms with van der Waals surface area (Å²) >= 11 is 4.91. The minimum Gasteiger partial charge on any atom is -0.491 e. The molecule has 2 N–H and O–H groups in total. The molecule has 1 aromatic rings. The van der Waals surface area contributed by atoms with Gasteiger partial charge in [-0.25, -0.2) is 0 Å². The molecule has 3 heteroatoms. The summed E-state index contributed by atoms with van der Waals surface area (Å²) in [7, 11) is 0. The maximum Gasteiger partial charge on any atom is 0.120 e. The predicted molar refractivity (Wildman–Crippen MR) is 67.3 cm³/mol. The number of ether oxygens (including phenoxy) is 1. The lowest BCUT2D eigenvalue weighted by molar-refractivity contribution is 0.210. The van der Waals surface area contributed by atoms with E-state index in [2.05, 4.69) is 13.8 Å². The van der Waals surface area contributed by atoms with Crippen molar-refractivity contribution in [3.63, 3.8) is 0 Å². The molecular weight excluding hydrogens is 206 g/mol. The van der Waals surface area contributed by atoms with Gasteiger partial charge in [-0.2, -0.15) is 0 Å². The molecule has 15 heavy (non-hydrogen) atoms. The summed E-state index contributed by atoms with van der Waals surface area (Å²) in [4.78, 5) is 0.406. The molecule has 82 valence electrons.